The second kappa shape index (κ2) is 10.8. The van der Waals surface area contributed by atoms with Gasteiger partial charge in [0.25, 0.3) is 0 Å². The molecule has 0 fully saturated rings. The van der Waals surface area contributed by atoms with E-state index >= 15 is 0 Å². The minimum Gasteiger partial charge on any atom is -0.476 e. The van der Waals surface area contributed by atoms with Gasteiger partial charge in [-0.1, -0.05) is 0 Å². The summed E-state index contributed by atoms with van der Waals surface area (Å²) in [6.45, 7) is 9.07. The first-order valence-electron chi connectivity index (χ1n) is 13.2. The van der Waals surface area contributed by atoms with E-state index in [1.807, 2.05) is 57.6 Å². The summed E-state index contributed by atoms with van der Waals surface area (Å²) in [5.74, 6) is 1.06. The molecule has 0 saturated heterocycles. The van der Waals surface area contributed by atoms with Crippen LogP contribution in [0.4, 0.5) is 0 Å². The lowest BCUT2D eigenvalue weighted by atomic mass is 10.1. The zero-order chi connectivity index (χ0) is 27.8. The van der Waals surface area contributed by atoms with Crippen LogP contribution in [0.5, 0.6) is 11.8 Å². The molecule has 5 rings (SSSR count). The number of aryl methyl sites for hydroxylation is 2. The van der Waals surface area contributed by atoms with Gasteiger partial charge < -0.3 is 19.7 Å². The third kappa shape index (κ3) is 4.90. The predicted molar refractivity (Wildman–Crippen MR) is 147 cm³/mol. The minimum atomic E-state index is -0.243. The summed E-state index contributed by atoms with van der Waals surface area (Å²) in [6, 6.07) is 1.72. The maximum absolute atomic E-state index is 10.1. The van der Waals surface area contributed by atoms with Crippen LogP contribution in [0.3, 0.4) is 0 Å². The number of aliphatic hydroxyl groups excluding tert-OH is 2. The van der Waals surface area contributed by atoms with Gasteiger partial charge in [0.15, 0.2) is 0 Å². The highest BCUT2D eigenvalue weighted by molar-refractivity contribution is 5.93. The van der Waals surface area contributed by atoms with Crippen molar-refractivity contribution in [2.45, 2.75) is 53.0 Å². The van der Waals surface area contributed by atoms with E-state index in [4.69, 9.17) is 19.6 Å². The molecule has 0 amide bonds. The minimum absolute atomic E-state index is 0.0523. The van der Waals surface area contributed by atoms with Gasteiger partial charge in [0.2, 0.25) is 11.8 Å². The third-order valence-electron chi connectivity index (χ3n) is 6.92. The number of likely N-dealkylation sites (N-methyl/N-ethyl adjacent to an activating group) is 1. The molecule has 3 N–H and O–H groups in total. The molecule has 4 aromatic rings. The number of aliphatic hydroxyl groups is 2. The van der Waals surface area contributed by atoms with Crippen molar-refractivity contribution in [3.05, 3.63) is 34.4 Å². The Labute approximate surface area is 226 Å². The maximum Gasteiger partial charge on any atom is 0.240 e. The van der Waals surface area contributed by atoms with Crippen LogP contribution in [-0.2, 0) is 20.2 Å². The van der Waals surface area contributed by atoms with E-state index in [0.717, 1.165) is 33.5 Å². The monoisotopic (exact) mass is 536 g/mol. The maximum atomic E-state index is 10.1. The summed E-state index contributed by atoms with van der Waals surface area (Å²) < 4.78 is 15.9. The highest BCUT2D eigenvalue weighted by Crippen LogP contribution is 2.36. The van der Waals surface area contributed by atoms with Gasteiger partial charge in [0, 0.05) is 25.5 Å². The van der Waals surface area contributed by atoms with Gasteiger partial charge in [0.05, 0.1) is 59.8 Å². The van der Waals surface area contributed by atoms with Crippen LogP contribution in [0.1, 0.15) is 55.2 Å². The SMILES string of the molecule is CCOc1nn([C@@H](C)CO)c2c1/C=C/c1[nH]nc3c(C)nc(cc13)-c1c(CO)nn(C)c1O[C@@H](C)CN(C)C2. The second-order valence-corrected chi connectivity index (χ2v) is 10.1. The number of hydrogen-bond donors (Lipinski definition) is 3. The molecule has 1 aliphatic heterocycles. The Morgan fingerprint density at radius 3 is 2.74 bits per heavy atom. The van der Waals surface area contributed by atoms with Crippen molar-refractivity contribution >= 4 is 23.1 Å². The number of ether oxygens (including phenoxy) is 2. The smallest absolute Gasteiger partial charge is 0.240 e. The van der Waals surface area contributed by atoms with Gasteiger partial charge in [-0.05, 0) is 53.0 Å². The van der Waals surface area contributed by atoms with Crippen LogP contribution in [0.2, 0.25) is 0 Å². The highest BCUT2D eigenvalue weighted by Gasteiger charge is 2.26. The Balaban J connectivity index is 1.75. The molecule has 1 aliphatic rings. The molecular formula is C27H36N8O4. The summed E-state index contributed by atoms with van der Waals surface area (Å²) in [6.07, 6.45) is 3.73. The Kier molecular flexibility index (Phi) is 7.43. The van der Waals surface area contributed by atoms with Crippen molar-refractivity contribution in [3.63, 3.8) is 0 Å². The van der Waals surface area contributed by atoms with E-state index in [-0.39, 0.29) is 25.4 Å². The molecule has 2 atom stereocenters. The van der Waals surface area contributed by atoms with Crippen molar-refractivity contribution in [1.29, 1.82) is 0 Å². The number of aromatic amines is 1. The molecule has 0 unspecified atom stereocenters. The van der Waals surface area contributed by atoms with E-state index in [1.54, 1.807) is 11.7 Å². The fraction of sp³-hybridized carbons (Fsp3) is 0.481. The third-order valence-corrected chi connectivity index (χ3v) is 6.92. The molecule has 5 heterocycles. The number of rotatable bonds is 5. The fourth-order valence-electron chi connectivity index (χ4n) is 5.13. The van der Waals surface area contributed by atoms with Crippen molar-refractivity contribution in [3.8, 4) is 23.0 Å². The first kappa shape index (κ1) is 26.9. The Morgan fingerprint density at radius 1 is 1.23 bits per heavy atom. The summed E-state index contributed by atoms with van der Waals surface area (Å²) in [7, 11) is 3.82. The van der Waals surface area contributed by atoms with Gasteiger partial charge in [0.1, 0.15) is 17.3 Å². The summed E-state index contributed by atoms with van der Waals surface area (Å²) in [5.41, 5.74) is 5.87. The molecule has 12 heteroatoms. The number of pyridine rings is 1. The number of fused-ring (bicyclic) bond motifs is 4. The van der Waals surface area contributed by atoms with E-state index in [0.29, 0.717) is 48.4 Å². The fourth-order valence-corrected chi connectivity index (χ4v) is 5.13. The van der Waals surface area contributed by atoms with Gasteiger partial charge in [-0.2, -0.15) is 10.2 Å². The summed E-state index contributed by atoms with van der Waals surface area (Å²) in [5, 5.41) is 37.9. The van der Waals surface area contributed by atoms with Gasteiger partial charge in [-0.25, -0.2) is 4.68 Å². The molecule has 0 spiro atoms. The Morgan fingerprint density at radius 2 is 2.03 bits per heavy atom. The summed E-state index contributed by atoms with van der Waals surface area (Å²) in [4.78, 5) is 6.96. The van der Waals surface area contributed by atoms with Crippen molar-refractivity contribution in [1.82, 2.24) is 39.6 Å². The van der Waals surface area contributed by atoms with Crippen LogP contribution in [-0.4, -0.2) is 82.8 Å². The van der Waals surface area contributed by atoms with Gasteiger partial charge >= 0.3 is 0 Å². The number of nitrogens with one attached hydrogen (secondary N) is 1. The van der Waals surface area contributed by atoms with E-state index in [9.17, 15) is 10.2 Å². The number of aromatic nitrogens is 7. The zero-order valence-electron chi connectivity index (χ0n) is 23.3. The lowest BCUT2D eigenvalue weighted by Crippen LogP contribution is -2.32. The molecule has 0 aliphatic carbocycles. The predicted octanol–water partition coefficient (Wildman–Crippen LogP) is 2.69. The molecule has 0 saturated carbocycles. The molecule has 0 radical (unpaired) electrons. The van der Waals surface area contributed by atoms with Crippen molar-refractivity contribution in [2.75, 3.05) is 26.8 Å². The molecule has 39 heavy (non-hydrogen) atoms. The average molecular weight is 537 g/mol. The lowest BCUT2D eigenvalue weighted by molar-refractivity contribution is 0.145. The first-order valence-corrected chi connectivity index (χ1v) is 13.2. The molecular weight excluding hydrogens is 500 g/mol. The molecule has 0 aromatic carbocycles. The van der Waals surface area contributed by atoms with Crippen LogP contribution in [0.25, 0.3) is 34.3 Å². The van der Waals surface area contributed by atoms with Crippen LogP contribution < -0.4 is 9.47 Å². The largest absolute Gasteiger partial charge is 0.476 e. The molecule has 208 valence electrons. The van der Waals surface area contributed by atoms with Crippen molar-refractivity contribution in [2.24, 2.45) is 7.05 Å². The van der Waals surface area contributed by atoms with Crippen LogP contribution in [0, 0.1) is 6.92 Å². The number of nitrogens with zero attached hydrogens (tertiary/aromatic N) is 7. The van der Waals surface area contributed by atoms with Gasteiger partial charge in [-0.15, -0.1) is 5.10 Å². The number of H-pyrrole nitrogens is 1. The van der Waals surface area contributed by atoms with E-state index in [2.05, 4.69) is 20.2 Å². The van der Waals surface area contributed by atoms with Crippen molar-refractivity contribution < 1.29 is 19.7 Å². The standard InChI is InChI=1S/C27H36N8O4/c1-7-38-26-18-8-9-20-19-10-21(28-17(4)25(19)30-29-20)24-22(14-37)31-34(6)27(24)39-16(3)11-33(5)12-23(18)35(32-26)15(2)13-36/h8-10,15-16,36-37H,7,11-14H2,1-6H3,(H,29,30)/b9-8+/t15-,16-/m0/s1. The molecule has 12 nitrogen and oxygen atoms in total. The van der Waals surface area contributed by atoms with Crippen LogP contribution in [0.15, 0.2) is 6.07 Å². The highest BCUT2D eigenvalue weighted by atomic mass is 16.5. The average Bonchev–Trinajstić information content (AvgIpc) is 3.56. The Bertz CT molecular complexity index is 1520. The molecule has 2 bridgehead atoms. The zero-order valence-corrected chi connectivity index (χ0v) is 23.3. The van der Waals surface area contributed by atoms with Crippen LogP contribution >= 0.6 is 0 Å². The topological polar surface area (TPSA) is 139 Å². The lowest BCUT2D eigenvalue weighted by Gasteiger charge is -2.24. The normalized spacial score (nSPS) is 17.8. The second-order valence-electron chi connectivity index (χ2n) is 10.1. The summed E-state index contributed by atoms with van der Waals surface area (Å²) >= 11 is 0. The Hall–Kier alpha value is -3.74. The van der Waals surface area contributed by atoms with Gasteiger partial charge in [-0.3, -0.25) is 19.7 Å². The molecule has 4 aromatic heterocycles. The first-order chi connectivity index (χ1) is 18.7. The van der Waals surface area contributed by atoms with E-state index < -0.39 is 0 Å². The number of hydrogen-bond acceptors (Lipinski definition) is 9. The quantitative estimate of drug-likeness (QED) is 0.351. The van der Waals surface area contributed by atoms with E-state index in [1.165, 1.54) is 0 Å².